The number of aliphatic hydroxyl groups excluding tert-OH is 3. The normalized spacial score (nSPS) is 33.4. The molecule has 0 aromatic carbocycles. The maximum atomic E-state index is 12.8. The standard InChI is InChI=1S/C45H70N7O18P3S/c1-25(29-9-10-30-28-8-7-26-20-27(53)12-15-44(26,4)31(28)13-16-45(29,30)5)6-11-34(55)74-19-18-47-33(54)14-17-48-41(58)38(57)43(2,3)22-67-73(64,65)70-72(62,63)66-21-32-37(69-71(59,60)61)36(56)42(68-32)52-24-51-35-39(46)49-23-50-40(35)52/h6-7,11,23-25,27-32,36-38,42,53,56-57H,8-10,12-22H2,1-5H3,(H,47,54)(H,48,58)(H,62,63)(H,64,65)(H2,46,49,50)(H2,59,60,61)/p-4/t25-,27+,28+,29-,30+,31+,32-,36-,37-,38+,42-,44+,45-/m1/s1. The smallest absolute Gasteiger partial charge is 0.481 e. The molecule has 2 aromatic rings. The molecule has 0 bridgehead atoms. The topological polar surface area (TPSA) is 402 Å². The van der Waals surface area contributed by atoms with Crippen LogP contribution in [0.25, 0.3) is 11.2 Å². The molecule has 29 heteroatoms. The second kappa shape index (κ2) is 23.1. The van der Waals surface area contributed by atoms with Crippen LogP contribution in [-0.2, 0) is 41.1 Å². The number of phosphoric ester groups is 3. The number of imidazole rings is 1. The van der Waals surface area contributed by atoms with E-state index in [0.717, 1.165) is 61.1 Å². The van der Waals surface area contributed by atoms with Gasteiger partial charge in [0.25, 0.3) is 0 Å². The summed E-state index contributed by atoms with van der Waals surface area (Å²) in [6.45, 7) is 7.10. The minimum atomic E-state index is -5.84. The summed E-state index contributed by atoms with van der Waals surface area (Å²) in [7, 11) is -17.0. The molecule has 25 nitrogen and oxygen atoms in total. The van der Waals surface area contributed by atoms with Gasteiger partial charge in [0.05, 0.1) is 39.6 Å². The van der Waals surface area contributed by atoms with Gasteiger partial charge < -0.3 is 74.7 Å². The van der Waals surface area contributed by atoms with Gasteiger partial charge in [-0.1, -0.05) is 64.1 Å². The van der Waals surface area contributed by atoms with Gasteiger partial charge in [0.1, 0.15) is 30.2 Å². The van der Waals surface area contributed by atoms with E-state index in [1.165, 1.54) is 38.7 Å². The van der Waals surface area contributed by atoms with E-state index in [2.05, 4.69) is 60.6 Å². The average molecular weight is 1120 g/mol. The number of aromatic nitrogens is 4. The summed E-state index contributed by atoms with van der Waals surface area (Å²) in [6, 6.07) is 0. The zero-order chi connectivity index (χ0) is 54.2. The summed E-state index contributed by atoms with van der Waals surface area (Å²) in [5.41, 5.74) is 6.00. The summed E-state index contributed by atoms with van der Waals surface area (Å²) >= 11 is 1.05. The number of nitrogen functional groups attached to an aromatic ring is 1. The van der Waals surface area contributed by atoms with E-state index in [0.29, 0.717) is 23.7 Å². The van der Waals surface area contributed by atoms with Crippen molar-refractivity contribution in [1.29, 1.82) is 0 Å². The van der Waals surface area contributed by atoms with Gasteiger partial charge in [0.2, 0.25) is 5.12 Å². The number of phosphoric acid groups is 3. The van der Waals surface area contributed by atoms with Crippen LogP contribution in [0.2, 0.25) is 0 Å². The lowest BCUT2D eigenvalue weighted by molar-refractivity contribution is -0.347. The van der Waals surface area contributed by atoms with Gasteiger partial charge in [-0.25, -0.2) is 24.1 Å². The molecule has 3 saturated carbocycles. The molecule has 3 heterocycles. The fourth-order valence-corrected chi connectivity index (χ4v) is 15.5. The first-order chi connectivity index (χ1) is 34.5. The molecule has 0 amide bonds. The third kappa shape index (κ3) is 13.5. The molecule has 7 N–H and O–H groups in total. The van der Waals surface area contributed by atoms with E-state index >= 15 is 0 Å². The van der Waals surface area contributed by atoms with Gasteiger partial charge in [-0.05, 0) is 116 Å². The molecule has 0 spiro atoms. The zero-order valence-electron chi connectivity index (χ0n) is 41.7. The first kappa shape index (κ1) is 58.7. The molecule has 1 aliphatic heterocycles. The van der Waals surface area contributed by atoms with Gasteiger partial charge >= 0.3 is 15.6 Å². The number of hydrogen-bond acceptors (Lipinski definition) is 23. The molecule has 2 aromatic heterocycles. The number of hydrogen-bond donors (Lipinski definition) is 6. The number of allylic oxidation sites excluding steroid dienone is 2. The summed E-state index contributed by atoms with van der Waals surface area (Å²) in [4.78, 5) is 75.8. The maximum Gasteiger partial charge on any atom is 0.481 e. The zero-order valence-corrected chi connectivity index (χ0v) is 45.2. The van der Waals surface area contributed by atoms with Gasteiger partial charge in [-0.15, -0.1) is 0 Å². The summed E-state index contributed by atoms with van der Waals surface area (Å²) < 4.78 is 62.0. The number of ether oxygens (including phenoxy) is 1. The molecular weight excluding hydrogens is 1050 g/mol. The lowest BCUT2D eigenvalue weighted by atomic mass is 9.47. The Morgan fingerprint density at radius 3 is 2.50 bits per heavy atom. The Labute approximate surface area is 432 Å². The second-order valence-corrected chi connectivity index (χ2v) is 26.4. The number of carbonyl (C=O) groups is 1. The highest BCUT2D eigenvalue weighted by Crippen LogP contribution is 2.67. The van der Waals surface area contributed by atoms with Crippen LogP contribution in [0.15, 0.2) is 46.4 Å². The van der Waals surface area contributed by atoms with Crippen molar-refractivity contribution in [2.45, 2.75) is 129 Å². The lowest BCUT2D eigenvalue weighted by Gasteiger charge is -2.58. The van der Waals surface area contributed by atoms with Crippen molar-refractivity contribution < 1.29 is 86.2 Å². The number of aliphatic hydroxyl groups is 3. The van der Waals surface area contributed by atoms with Crippen LogP contribution in [0.1, 0.15) is 98.6 Å². The van der Waals surface area contributed by atoms with Crippen molar-refractivity contribution in [3.8, 4) is 0 Å². The van der Waals surface area contributed by atoms with Crippen molar-refractivity contribution in [2.75, 3.05) is 37.8 Å². The van der Waals surface area contributed by atoms with Gasteiger partial charge in [0.15, 0.2) is 17.7 Å². The monoisotopic (exact) mass is 1120 g/mol. The Hall–Kier alpha value is -3.00. The van der Waals surface area contributed by atoms with Crippen LogP contribution in [0, 0.1) is 45.8 Å². The van der Waals surface area contributed by atoms with E-state index in [1.807, 2.05) is 6.08 Å². The molecule has 414 valence electrons. The number of thioether (sulfide) groups is 1. The number of aliphatic imine (C=N–C) groups is 2. The maximum absolute atomic E-state index is 12.8. The Bertz CT molecular complexity index is 2630. The number of nitrogens with zero attached hydrogens (tertiary/aromatic N) is 6. The number of carbonyl (C=O) groups excluding carboxylic acids is 1. The Morgan fingerprint density at radius 2 is 1.77 bits per heavy atom. The van der Waals surface area contributed by atoms with E-state index in [1.54, 1.807) is 6.08 Å². The fraction of sp³-hybridized carbons (Fsp3) is 0.733. The predicted octanol–water partition coefficient (Wildman–Crippen LogP) is 1.82. The van der Waals surface area contributed by atoms with E-state index < -0.39 is 84.5 Å². The molecule has 0 radical (unpaired) electrons. The second-order valence-electron chi connectivity index (χ2n) is 21.2. The lowest BCUT2D eigenvalue weighted by Crippen LogP contribution is -2.50. The molecule has 2 unspecified atom stereocenters. The highest BCUT2D eigenvalue weighted by molar-refractivity contribution is 8.14. The fourth-order valence-electron chi connectivity index (χ4n) is 12.1. The quantitative estimate of drug-likeness (QED) is 0.0244. The van der Waals surface area contributed by atoms with E-state index in [-0.39, 0.29) is 70.2 Å². The largest absolute Gasteiger partial charge is 0.862 e. The third-order valence-corrected chi connectivity index (χ3v) is 19.8. The van der Waals surface area contributed by atoms with Crippen LogP contribution in [0.3, 0.4) is 0 Å². The van der Waals surface area contributed by atoms with Crippen molar-refractivity contribution in [3.63, 3.8) is 0 Å². The van der Waals surface area contributed by atoms with Gasteiger partial charge in [-0.3, -0.25) is 18.4 Å². The van der Waals surface area contributed by atoms with Crippen LogP contribution in [0.5, 0.6) is 0 Å². The molecule has 5 aliphatic rings. The molecule has 15 atom stereocenters. The van der Waals surface area contributed by atoms with Crippen LogP contribution >= 0.6 is 35.2 Å². The highest BCUT2D eigenvalue weighted by atomic mass is 32.2. The Morgan fingerprint density at radius 1 is 1.04 bits per heavy atom. The van der Waals surface area contributed by atoms with E-state index in [9.17, 15) is 63.6 Å². The molecular formula is C45H66N7O18P3S-4. The Kier molecular flexibility index (Phi) is 18.4. The number of nitrogens with two attached hydrogens (primary N) is 1. The number of fused-ring (bicyclic) bond motifs is 6. The number of rotatable bonds is 22. The van der Waals surface area contributed by atoms with Crippen LogP contribution in [0.4, 0.5) is 5.82 Å². The van der Waals surface area contributed by atoms with E-state index in [4.69, 9.17) is 19.5 Å². The molecule has 7 rings (SSSR count). The van der Waals surface area contributed by atoms with Crippen LogP contribution in [-0.4, -0.2) is 124 Å². The van der Waals surface area contributed by atoms with Crippen molar-refractivity contribution in [1.82, 2.24) is 19.5 Å². The first-order valence-electron chi connectivity index (χ1n) is 24.5. The van der Waals surface area contributed by atoms with Crippen molar-refractivity contribution >= 4 is 69.1 Å². The Balaban J connectivity index is 0.816. The molecule has 1 saturated heterocycles. The minimum absolute atomic E-state index is 0.00414. The van der Waals surface area contributed by atoms with Gasteiger partial charge in [0, 0.05) is 24.3 Å². The highest BCUT2D eigenvalue weighted by Gasteiger charge is 2.59. The average Bonchev–Trinajstić information content (AvgIpc) is 4.00. The third-order valence-electron chi connectivity index (χ3n) is 15.9. The minimum Gasteiger partial charge on any atom is -0.862 e. The molecule has 4 aliphatic carbocycles. The molecule has 74 heavy (non-hydrogen) atoms. The summed E-state index contributed by atoms with van der Waals surface area (Å²) in [5, 5.41) is 57.0. The number of anilines is 1. The summed E-state index contributed by atoms with van der Waals surface area (Å²) in [5.74, 6) is 1.11. The van der Waals surface area contributed by atoms with Crippen molar-refractivity contribution in [2.24, 2.45) is 55.8 Å². The first-order valence-corrected chi connectivity index (χ1v) is 29.9. The van der Waals surface area contributed by atoms with Gasteiger partial charge in [-0.2, -0.15) is 4.31 Å². The predicted molar refractivity (Wildman–Crippen MR) is 261 cm³/mol. The van der Waals surface area contributed by atoms with Crippen LogP contribution < -0.4 is 25.7 Å². The SMILES string of the molecule is C[C@H](C=CC(=O)SCCN=C([O-])CCN=C([O-])[C@H](O)C(C)(C)COP(=O)(O)OP(=O)(O)OC[C@H]1O[C@@H](n2cnc3c(N)ncnc32)[C@H](O)[C@@H]1OP(=O)([O-])[O-])[C@H]1CC[C@H]2[C@@H]3CC=C4C[C@@H](O)CC[C@]4(C)[C@H]3CC[C@]12C. The summed E-state index contributed by atoms with van der Waals surface area (Å²) in [6.07, 6.45) is 6.83. The van der Waals surface area contributed by atoms with Crippen molar-refractivity contribution in [3.05, 3.63) is 36.5 Å². The molecule has 4 fully saturated rings.